The summed E-state index contributed by atoms with van der Waals surface area (Å²) in [5.74, 6) is 0.335. The normalized spacial score (nSPS) is 11.5. The minimum absolute atomic E-state index is 0.335. The van der Waals surface area contributed by atoms with Gasteiger partial charge in [0, 0.05) is 0 Å². The van der Waals surface area contributed by atoms with Gasteiger partial charge in [0.25, 0.3) is 0 Å². The highest BCUT2D eigenvalue weighted by atomic mass is 16.3. The minimum Gasteiger partial charge on any atom is -0.505 e. The molecule has 1 N–H and O–H groups in total. The topological polar surface area (TPSA) is 50.9 Å². The first-order valence-electron chi connectivity index (χ1n) is 12.3. The fourth-order valence-corrected chi connectivity index (χ4v) is 4.21. The third-order valence-corrected chi connectivity index (χ3v) is 6.10. The Balaban J connectivity index is 1.84. The summed E-state index contributed by atoms with van der Waals surface area (Å²) in [7, 11) is 0. The van der Waals surface area contributed by atoms with Crippen molar-refractivity contribution in [2.75, 3.05) is 0 Å². The third-order valence-electron chi connectivity index (χ3n) is 6.10. The zero-order valence-corrected chi connectivity index (χ0v) is 19.7. The van der Waals surface area contributed by atoms with Crippen LogP contribution in [0.4, 0.5) is 0 Å². The first kappa shape index (κ1) is 23.3. The molecule has 1 aromatic heterocycles. The van der Waals surface area contributed by atoms with Gasteiger partial charge in [0.2, 0.25) is 0 Å². The Morgan fingerprint density at radius 2 is 1.39 bits per heavy atom. The van der Waals surface area contributed by atoms with Gasteiger partial charge < -0.3 is 5.11 Å². The van der Waals surface area contributed by atoms with Crippen molar-refractivity contribution in [2.45, 2.75) is 97.8 Å². The van der Waals surface area contributed by atoms with Gasteiger partial charge >= 0.3 is 0 Å². The van der Waals surface area contributed by atoms with Crippen molar-refractivity contribution < 1.29 is 5.11 Å². The first-order valence-corrected chi connectivity index (χ1v) is 12.3. The molecule has 0 saturated heterocycles. The molecule has 31 heavy (non-hydrogen) atoms. The van der Waals surface area contributed by atoms with Gasteiger partial charge in [-0.1, -0.05) is 77.3 Å². The second kappa shape index (κ2) is 11.9. The lowest BCUT2D eigenvalue weighted by Gasteiger charge is -2.13. The van der Waals surface area contributed by atoms with E-state index in [0.717, 1.165) is 41.4 Å². The van der Waals surface area contributed by atoms with Crippen LogP contribution in [-0.4, -0.2) is 20.1 Å². The van der Waals surface area contributed by atoms with E-state index in [1.54, 1.807) is 4.80 Å². The fourth-order valence-electron chi connectivity index (χ4n) is 4.21. The number of phenols is 1. The van der Waals surface area contributed by atoms with Crippen molar-refractivity contribution in [3.63, 3.8) is 0 Å². The molecule has 0 unspecified atom stereocenters. The van der Waals surface area contributed by atoms with E-state index in [1.165, 1.54) is 63.4 Å². The Morgan fingerprint density at radius 1 is 0.742 bits per heavy atom. The van der Waals surface area contributed by atoms with Crippen LogP contribution in [0.25, 0.3) is 16.7 Å². The number of phenolic OH excluding ortho intramolecular Hbond substituents is 1. The average Bonchev–Trinajstić information content (AvgIpc) is 3.18. The molecule has 0 fully saturated rings. The van der Waals surface area contributed by atoms with Crippen molar-refractivity contribution in [2.24, 2.45) is 0 Å². The number of aromatic nitrogens is 3. The lowest BCUT2D eigenvalue weighted by molar-refractivity contribution is 0.458. The Labute approximate surface area is 187 Å². The van der Waals surface area contributed by atoms with Crippen molar-refractivity contribution in [1.29, 1.82) is 0 Å². The molecule has 0 atom stereocenters. The molecule has 0 amide bonds. The predicted octanol–water partition coefficient (Wildman–Crippen LogP) is 7.46. The van der Waals surface area contributed by atoms with E-state index >= 15 is 0 Å². The highest BCUT2D eigenvalue weighted by Crippen LogP contribution is 2.30. The quantitative estimate of drug-likeness (QED) is 0.291. The zero-order chi connectivity index (χ0) is 22.1. The van der Waals surface area contributed by atoms with E-state index in [9.17, 15) is 5.11 Å². The summed E-state index contributed by atoms with van der Waals surface area (Å²) in [6, 6.07) is 10.4. The molecule has 0 saturated carbocycles. The molecular weight excluding hydrogens is 382 g/mol. The SMILES string of the molecule is CCCCCCCc1cc(CCCCCCC)c(O)c(-n2nc3ccc(C)cc3n2)c1. The molecule has 2 aromatic carbocycles. The standard InChI is InChI=1S/C27H39N3O/c1-4-6-8-10-12-14-22-19-23(15-13-11-9-7-5-2)27(31)26(20-22)30-28-24-17-16-21(3)18-25(24)29-30/h16-20,31H,4-15H2,1-3H3. The van der Waals surface area contributed by atoms with Crippen LogP contribution >= 0.6 is 0 Å². The molecule has 0 bridgehead atoms. The predicted molar refractivity (Wildman–Crippen MR) is 130 cm³/mol. The van der Waals surface area contributed by atoms with Crippen LogP contribution < -0.4 is 0 Å². The number of unbranched alkanes of at least 4 members (excludes halogenated alkanes) is 8. The summed E-state index contributed by atoms with van der Waals surface area (Å²) in [6.45, 7) is 6.55. The Bertz CT molecular complexity index is 961. The summed E-state index contributed by atoms with van der Waals surface area (Å²) >= 11 is 0. The van der Waals surface area contributed by atoms with Gasteiger partial charge in [-0.15, -0.1) is 15.0 Å². The number of fused-ring (bicyclic) bond motifs is 1. The van der Waals surface area contributed by atoms with Crippen LogP contribution in [-0.2, 0) is 12.8 Å². The molecule has 3 rings (SSSR count). The highest BCUT2D eigenvalue weighted by molar-refractivity contribution is 5.74. The number of aromatic hydroxyl groups is 1. The number of hydrogen-bond acceptors (Lipinski definition) is 3. The molecule has 4 heteroatoms. The lowest BCUT2D eigenvalue weighted by atomic mass is 9.98. The summed E-state index contributed by atoms with van der Waals surface area (Å²) in [4.78, 5) is 1.63. The Hall–Kier alpha value is -2.36. The van der Waals surface area contributed by atoms with Gasteiger partial charge in [-0.2, -0.15) is 0 Å². The molecule has 0 spiro atoms. The van der Waals surface area contributed by atoms with Gasteiger partial charge in [-0.25, -0.2) is 0 Å². The Morgan fingerprint density at radius 3 is 2.10 bits per heavy atom. The van der Waals surface area contributed by atoms with E-state index in [2.05, 4.69) is 49.2 Å². The van der Waals surface area contributed by atoms with E-state index in [4.69, 9.17) is 0 Å². The van der Waals surface area contributed by atoms with Crippen molar-refractivity contribution in [3.05, 3.63) is 47.0 Å². The van der Waals surface area contributed by atoms with Gasteiger partial charge in [0.1, 0.15) is 22.5 Å². The van der Waals surface area contributed by atoms with Crippen LogP contribution in [0, 0.1) is 6.92 Å². The van der Waals surface area contributed by atoms with Crippen molar-refractivity contribution in [1.82, 2.24) is 15.0 Å². The van der Waals surface area contributed by atoms with Crippen LogP contribution in [0.3, 0.4) is 0 Å². The minimum atomic E-state index is 0.335. The van der Waals surface area contributed by atoms with Crippen molar-refractivity contribution >= 4 is 11.0 Å². The van der Waals surface area contributed by atoms with Gasteiger partial charge in [0.05, 0.1) is 0 Å². The molecule has 0 aliphatic carbocycles. The van der Waals surface area contributed by atoms with E-state index < -0.39 is 0 Å². The number of benzene rings is 2. The average molecular weight is 422 g/mol. The fraction of sp³-hybridized carbons (Fsp3) is 0.556. The molecule has 1 heterocycles. The maximum absolute atomic E-state index is 11.1. The van der Waals surface area contributed by atoms with Gasteiger partial charge in [-0.05, 0) is 67.5 Å². The summed E-state index contributed by atoms with van der Waals surface area (Å²) in [6.07, 6.45) is 14.4. The maximum Gasteiger partial charge on any atom is 0.146 e. The molecule has 0 radical (unpaired) electrons. The summed E-state index contributed by atoms with van der Waals surface area (Å²) < 4.78 is 0. The number of aryl methyl sites for hydroxylation is 3. The van der Waals surface area contributed by atoms with Gasteiger partial charge in [-0.3, -0.25) is 0 Å². The van der Waals surface area contributed by atoms with Crippen molar-refractivity contribution in [3.8, 4) is 11.4 Å². The Kier molecular flexibility index (Phi) is 8.93. The largest absolute Gasteiger partial charge is 0.505 e. The first-order chi connectivity index (χ1) is 15.1. The lowest BCUT2D eigenvalue weighted by Crippen LogP contribution is -2.03. The smallest absolute Gasteiger partial charge is 0.146 e. The second-order valence-corrected chi connectivity index (χ2v) is 8.93. The summed E-state index contributed by atoms with van der Waals surface area (Å²) in [5, 5.41) is 20.4. The zero-order valence-electron chi connectivity index (χ0n) is 19.7. The number of rotatable bonds is 13. The highest BCUT2D eigenvalue weighted by Gasteiger charge is 2.15. The molecule has 3 aromatic rings. The summed E-state index contributed by atoms with van der Waals surface area (Å²) in [5.41, 5.74) is 5.92. The maximum atomic E-state index is 11.1. The number of nitrogens with zero attached hydrogens (tertiary/aromatic N) is 3. The molecular formula is C27H39N3O. The molecule has 0 aliphatic rings. The van der Waals surface area contributed by atoms with Gasteiger partial charge in [0.15, 0.2) is 0 Å². The number of hydrogen-bond donors (Lipinski definition) is 1. The van der Waals surface area contributed by atoms with Crippen LogP contribution in [0.1, 0.15) is 94.7 Å². The third kappa shape index (κ3) is 6.56. The van der Waals surface area contributed by atoms with E-state index in [1.807, 2.05) is 12.1 Å². The molecule has 4 nitrogen and oxygen atoms in total. The molecule has 0 aliphatic heterocycles. The molecule has 168 valence electrons. The van der Waals surface area contributed by atoms with E-state index in [-0.39, 0.29) is 0 Å². The van der Waals surface area contributed by atoms with E-state index in [0.29, 0.717) is 11.4 Å². The monoisotopic (exact) mass is 421 g/mol. The van der Waals surface area contributed by atoms with Crippen LogP contribution in [0.2, 0.25) is 0 Å². The van der Waals surface area contributed by atoms with Crippen LogP contribution in [0.5, 0.6) is 5.75 Å². The second-order valence-electron chi connectivity index (χ2n) is 8.93. The van der Waals surface area contributed by atoms with Crippen LogP contribution in [0.15, 0.2) is 30.3 Å².